The van der Waals surface area contributed by atoms with Gasteiger partial charge in [-0.2, -0.15) is 0 Å². The molecule has 1 N–H and O–H groups in total. The number of benzene rings is 1. The number of aryl methyl sites for hydroxylation is 1. The molecule has 0 spiro atoms. The van der Waals surface area contributed by atoms with E-state index in [0.717, 1.165) is 22.4 Å². The number of ether oxygens (including phenoxy) is 2. The minimum Gasteiger partial charge on any atom is -0.496 e. The fraction of sp³-hybridized carbons (Fsp3) is 0.294. The molecule has 116 valence electrons. The van der Waals surface area contributed by atoms with Crippen molar-refractivity contribution in [3.05, 3.63) is 53.2 Å². The van der Waals surface area contributed by atoms with Gasteiger partial charge in [-0.25, -0.2) is 4.98 Å². The molecular weight excluding hydrogens is 280 g/mol. The second-order valence-electron chi connectivity index (χ2n) is 4.97. The van der Waals surface area contributed by atoms with Gasteiger partial charge in [0, 0.05) is 18.8 Å². The van der Waals surface area contributed by atoms with Crippen molar-refractivity contribution in [2.75, 3.05) is 14.2 Å². The second kappa shape index (κ2) is 7.45. The molecule has 0 aliphatic rings. The van der Waals surface area contributed by atoms with Crippen molar-refractivity contribution in [3.63, 3.8) is 0 Å². The molecule has 5 heteroatoms. The van der Waals surface area contributed by atoms with Crippen LogP contribution in [0.3, 0.4) is 0 Å². The lowest BCUT2D eigenvalue weighted by atomic mass is 10.1. The van der Waals surface area contributed by atoms with Gasteiger partial charge in [0.1, 0.15) is 5.75 Å². The van der Waals surface area contributed by atoms with Gasteiger partial charge in [0.15, 0.2) is 0 Å². The molecule has 0 aliphatic carbocycles. The fourth-order valence-electron chi connectivity index (χ4n) is 2.06. The number of hydrogen-bond acceptors (Lipinski definition) is 4. The molecule has 0 aliphatic heterocycles. The predicted molar refractivity (Wildman–Crippen MR) is 84.1 cm³/mol. The summed E-state index contributed by atoms with van der Waals surface area (Å²) in [6, 6.07) is 9.43. The van der Waals surface area contributed by atoms with Crippen molar-refractivity contribution in [1.29, 1.82) is 0 Å². The fourth-order valence-corrected chi connectivity index (χ4v) is 2.06. The van der Waals surface area contributed by atoms with Crippen LogP contribution in [0.5, 0.6) is 11.6 Å². The third kappa shape index (κ3) is 4.22. The molecular formula is C17H20N2O3. The normalized spacial score (nSPS) is 10.1. The molecule has 2 aromatic rings. The van der Waals surface area contributed by atoms with Gasteiger partial charge in [-0.05, 0) is 29.7 Å². The summed E-state index contributed by atoms with van der Waals surface area (Å²) in [5, 5.41) is 2.88. The molecule has 5 nitrogen and oxygen atoms in total. The SMILES string of the molecule is COc1ccc(CNC(=O)Cc2ccc(C)c(OC)c2)cn1. The number of carbonyl (C=O) groups excluding carboxylic acids is 1. The van der Waals surface area contributed by atoms with Crippen LogP contribution in [-0.4, -0.2) is 25.1 Å². The number of amides is 1. The van der Waals surface area contributed by atoms with Gasteiger partial charge in [0.05, 0.1) is 20.6 Å². The minimum absolute atomic E-state index is 0.0401. The average molecular weight is 300 g/mol. The summed E-state index contributed by atoms with van der Waals surface area (Å²) in [6.45, 7) is 2.41. The third-order valence-electron chi connectivity index (χ3n) is 3.33. The van der Waals surface area contributed by atoms with E-state index in [2.05, 4.69) is 10.3 Å². The highest BCUT2D eigenvalue weighted by atomic mass is 16.5. The summed E-state index contributed by atoms with van der Waals surface area (Å²) >= 11 is 0. The monoisotopic (exact) mass is 300 g/mol. The minimum atomic E-state index is -0.0401. The van der Waals surface area contributed by atoms with E-state index in [4.69, 9.17) is 9.47 Å². The van der Waals surface area contributed by atoms with E-state index in [1.807, 2.05) is 31.2 Å². The van der Waals surface area contributed by atoms with E-state index in [-0.39, 0.29) is 5.91 Å². The summed E-state index contributed by atoms with van der Waals surface area (Å²) in [6.07, 6.45) is 2.01. The first-order valence-electron chi connectivity index (χ1n) is 7.01. The number of nitrogens with zero attached hydrogens (tertiary/aromatic N) is 1. The molecule has 1 heterocycles. The zero-order valence-corrected chi connectivity index (χ0v) is 13.1. The number of rotatable bonds is 6. The van der Waals surface area contributed by atoms with Crippen molar-refractivity contribution in [2.24, 2.45) is 0 Å². The topological polar surface area (TPSA) is 60.5 Å². The average Bonchev–Trinajstić information content (AvgIpc) is 2.55. The molecule has 0 radical (unpaired) electrons. The molecule has 1 amide bonds. The zero-order chi connectivity index (χ0) is 15.9. The number of aromatic nitrogens is 1. The Labute approximate surface area is 130 Å². The Kier molecular flexibility index (Phi) is 5.36. The number of carbonyl (C=O) groups is 1. The van der Waals surface area contributed by atoms with Gasteiger partial charge in [-0.15, -0.1) is 0 Å². The summed E-state index contributed by atoms with van der Waals surface area (Å²) in [5.74, 6) is 1.31. The highest BCUT2D eigenvalue weighted by Gasteiger charge is 2.06. The second-order valence-corrected chi connectivity index (χ2v) is 4.97. The first-order chi connectivity index (χ1) is 10.6. The maximum atomic E-state index is 12.0. The first kappa shape index (κ1) is 15.8. The van der Waals surface area contributed by atoms with Crippen LogP contribution in [0.15, 0.2) is 36.5 Å². The van der Waals surface area contributed by atoms with Crippen LogP contribution in [0.25, 0.3) is 0 Å². The largest absolute Gasteiger partial charge is 0.496 e. The van der Waals surface area contributed by atoms with E-state index < -0.39 is 0 Å². The summed E-state index contributed by atoms with van der Waals surface area (Å²) in [4.78, 5) is 16.1. The number of hydrogen-bond donors (Lipinski definition) is 1. The molecule has 0 saturated heterocycles. The summed E-state index contributed by atoms with van der Waals surface area (Å²) in [7, 11) is 3.20. The molecule has 0 atom stereocenters. The maximum Gasteiger partial charge on any atom is 0.224 e. The smallest absolute Gasteiger partial charge is 0.224 e. The lowest BCUT2D eigenvalue weighted by molar-refractivity contribution is -0.120. The molecule has 0 unspecified atom stereocenters. The Morgan fingerprint density at radius 3 is 2.55 bits per heavy atom. The molecule has 0 fully saturated rings. The van der Waals surface area contributed by atoms with Crippen LogP contribution in [0.4, 0.5) is 0 Å². The van der Waals surface area contributed by atoms with E-state index in [0.29, 0.717) is 18.8 Å². The van der Waals surface area contributed by atoms with E-state index in [1.165, 1.54) is 0 Å². The standard InChI is InChI=1S/C17H20N2O3/c1-12-4-5-13(8-15(12)21-2)9-16(20)18-10-14-6-7-17(22-3)19-11-14/h4-8,11H,9-10H2,1-3H3,(H,18,20). The van der Waals surface area contributed by atoms with Crippen molar-refractivity contribution in [3.8, 4) is 11.6 Å². The first-order valence-corrected chi connectivity index (χ1v) is 7.01. The van der Waals surface area contributed by atoms with Gasteiger partial charge >= 0.3 is 0 Å². The van der Waals surface area contributed by atoms with Gasteiger partial charge in [0.2, 0.25) is 11.8 Å². The molecule has 0 bridgehead atoms. The molecule has 0 saturated carbocycles. The predicted octanol–water partition coefficient (Wildman–Crippen LogP) is 2.27. The highest BCUT2D eigenvalue weighted by molar-refractivity contribution is 5.78. The summed E-state index contributed by atoms with van der Waals surface area (Å²) in [5.41, 5.74) is 2.90. The Morgan fingerprint density at radius 2 is 1.91 bits per heavy atom. The lowest BCUT2D eigenvalue weighted by Crippen LogP contribution is -2.24. The van der Waals surface area contributed by atoms with Crippen LogP contribution in [0, 0.1) is 6.92 Å². The van der Waals surface area contributed by atoms with Crippen LogP contribution in [0.2, 0.25) is 0 Å². The van der Waals surface area contributed by atoms with Crippen LogP contribution in [0.1, 0.15) is 16.7 Å². The number of methoxy groups -OCH3 is 2. The van der Waals surface area contributed by atoms with Crippen LogP contribution in [-0.2, 0) is 17.8 Å². The third-order valence-corrected chi connectivity index (χ3v) is 3.33. The summed E-state index contributed by atoms with van der Waals surface area (Å²) < 4.78 is 10.3. The zero-order valence-electron chi connectivity index (χ0n) is 13.1. The van der Waals surface area contributed by atoms with Crippen molar-refractivity contribution < 1.29 is 14.3 Å². The van der Waals surface area contributed by atoms with Gasteiger partial charge in [-0.1, -0.05) is 18.2 Å². The van der Waals surface area contributed by atoms with E-state index in [1.54, 1.807) is 26.5 Å². The Morgan fingerprint density at radius 1 is 1.14 bits per heavy atom. The number of pyridine rings is 1. The van der Waals surface area contributed by atoms with Crippen molar-refractivity contribution in [2.45, 2.75) is 19.9 Å². The van der Waals surface area contributed by atoms with Crippen LogP contribution < -0.4 is 14.8 Å². The molecule has 1 aromatic carbocycles. The maximum absolute atomic E-state index is 12.0. The lowest BCUT2D eigenvalue weighted by Gasteiger charge is -2.09. The van der Waals surface area contributed by atoms with Crippen molar-refractivity contribution in [1.82, 2.24) is 10.3 Å². The molecule has 1 aromatic heterocycles. The van der Waals surface area contributed by atoms with E-state index >= 15 is 0 Å². The molecule has 22 heavy (non-hydrogen) atoms. The van der Waals surface area contributed by atoms with Gasteiger partial charge < -0.3 is 14.8 Å². The van der Waals surface area contributed by atoms with Crippen LogP contribution >= 0.6 is 0 Å². The Hall–Kier alpha value is -2.56. The Bertz CT molecular complexity index is 639. The van der Waals surface area contributed by atoms with Gasteiger partial charge in [-0.3, -0.25) is 4.79 Å². The van der Waals surface area contributed by atoms with Crippen molar-refractivity contribution >= 4 is 5.91 Å². The van der Waals surface area contributed by atoms with Gasteiger partial charge in [0.25, 0.3) is 0 Å². The highest BCUT2D eigenvalue weighted by Crippen LogP contribution is 2.19. The number of nitrogens with one attached hydrogen (secondary N) is 1. The Balaban J connectivity index is 1.89. The van der Waals surface area contributed by atoms with E-state index in [9.17, 15) is 4.79 Å². The quantitative estimate of drug-likeness (QED) is 0.889. The molecule has 2 rings (SSSR count).